The van der Waals surface area contributed by atoms with Crippen LogP contribution in [-0.4, -0.2) is 34.4 Å². The number of hydrogen-bond acceptors (Lipinski definition) is 5. The SMILES string of the molecule is COCC(=O)Nc1ccc(Sc2nncn2C)c(Cl)c1. The predicted octanol–water partition coefficient (Wildman–Crippen LogP) is 2.20. The standard InChI is InChI=1S/C12H13ClN4O2S/c1-17-7-14-16-12(17)20-10-4-3-8(5-9(10)13)15-11(18)6-19-2/h3-5,7H,6H2,1-2H3,(H,15,18). The number of aryl methyl sites for hydroxylation is 1. The molecule has 0 atom stereocenters. The largest absolute Gasteiger partial charge is 0.375 e. The van der Waals surface area contributed by atoms with Crippen LogP contribution in [0.2, 0.25) is 5.02 Å². The van der Waals surface area contributed by atoms with Crippen molar-refractivity contribution in [3.8, 4) is 0 Å². The van der Waals surface area contributed by atoms with Gasteiger partial charge in [0.15, 0.2) is 5.16 Å². The highest BCUT2D eigenvalue weighted by molar-refractivity contribution is 7.99. The minimum atomic E-state index is -0.225. The van der Waals surface area contributed by atoms with Crippen molar-refractivity contribution in [1.29, 1.82) is 0 Å². The molecule has 2 rings (SSSR count). The maximum absolute atomic E-state index is 11.4. The number of benzene rings is 1. The molecule has 0 aliphatic heterocycles. The van der Waals surface area contributed by atoms with Crippen molar-refractivity contribution in [2.45, 2.75) is 10.1 Å². The molecule has 1 aromatic heterocycles. The van der Waals surface area contributed by atoms with E-state index in [4.69, 9.17) is 16.3 Å². The summed E-state index contributed by atoms with van der Waals surface area (Å²) in [6, 6.07) is 5.29. The number of halogens is 1. The first-order valence-corrected chi connectivity index (χ1v) is 6.90. The summed E-state index contributed by atoms with van der Waals surface area (Å²) in [6.45, 7) is 0.00700. The molecule has 1 heterocycles. The molecule has 0 aliphatic carbocycles. The second-order valence-electron chi connectivity index (χ2n) is 3.95. The summed E-state index contributed by atoms with van der Waals surface area (Å²) < 4.78 is 6.55. The number of methoxy groups -OCH3 is 1. The van der Waals surface area contributed by atoms with Crippen LogP contribution in [0.4, 0.5) is 5.69 Å². The van der Waals surface area contributed by atoms with Crippen LogP contribution in [0.25, 0.3) is 0 Å². The highest BCUT2D eigenvalue weighted by Crippen LogP contribution is 2.33. The van der Waals surface area contributed by atoms with Gasteiger partial charge in [-0.3, -0.25) is 4.79 Å². The molecule has 6 nitrogen and oxygen atoms in total. The first kappa shape index (κ1) is 14.8. The molecule has 0 saturated carbocycles. The van der Waals surface area contributed by atoms with Crippen molar-refractivity contribution >= 4 is 35.0 Å². The summed E-state index contributed by atoms with van der Waals surface area (Å²) in [5, 5.41) is 11.7. The molecular formula is C12H13ClN4O2S. The van der Waals surface area contributed by atoms with Gasteiger partial charge in [0.2, 0.25) is 5.91 Å². The Hall–Kier alpha value is -1.57. The molecule has 0 aliphatic rings. The van der Waals surface area contributed by atoms with Crippen molar-refractivity contribution in [2.24, 2.45) is 7.05 Å². The van der Waals surface area contributed by atoms with Gasteiger partial charge in [-0.15, -0.1) is 10.2 Å². The van der Waals surface area contributed by atoms with E-state index in [9.17, 15) is 4.79 Å². The van der Waals surface area contributed by atoms with Gasteiger partial charge >= 0.3 is 0 Å². The molecule has 1 aromatic carbocycles. The molecule has 0 fully saturated rings. The van der Waals surface area contributed by atoms with Gasteiger partial charge < -0.3 is 14.6 Å². The number of nitrogens with one attached hydrogen (secondary N) is 1. The van der Waals surface area contributed by atoms with Gasteiger partial charge in [-0.05, 0) is 30.0 Å². The van der Waals surface area contributed by atoms with E-state index in [0.717, 1.165) is 10.1 Å². The fraction of sp³-hybridized carbons (Fsp3) is 0.250. The van der Waals surface area contributed by atoms with Gasteiger partial charge in [-0.2, -0.15) is 0 Å². The Labute approximate surface area is 125 Å². The van der Waals surface area contributed by atoms with E-state index < -0.39 is 0 Å². The van der Waals surface area contributed by atoms with Crippen LogP contribution in [0.5, 0.6) is 0 Å². The maximum atomic E-state index is 11.4. The van der Waals surface area contributed by atoms with Crippen LogP contribution < -0.4 is 5.32 Å². The first-order valence-electron chi connectivity index (χ1n) is 5.70. The van der Waals surface area contributed by atoms with E-state index in [1.807, 2.05) is 13.1 Å². The van der Waals surface area contributed by atoms with Crippen LogP contribution in [0.15, 0.2) is 34.6 Å². The molecular weight excluding hydrogens is 300 g/mol. The molecule has 0 spiro atoms. The van der Waals surface area contributed by atoms with E-state index >= 15 is 0 Å². The Kier molecular flexibility index (Phi) is 4.99. The van der Waals surface area contributed by atoms with Crippen LogP contribution in [0.3, 0.4) is 0 Å². The number of anilines is 1. The fourth-order valence-electron chi connectivity index (χ4n) is 1.45. The van der Waals surface area contributed by atoms with E-state index in [0.29, 0.717) is 10.7 Å². The van der Waals surface area contributed by atoms with Gasteiger partial charge in [0.25, 0.3) is 0 Å². The number of rotatable bonds is 5. The third kappa shape index (κ3) is 3.72. The number of carbonyl (C=O) groups is 1. The van der Waals surface area contributed by atoms with Crippen LogP contribution in [0, 0.1) is 0 Å². The third-order valence-electron chi connectivity index (χ3n) is 2.36. The minimum absolute atomic E-state index is 0.00700. The van der Waals surface area contributed by atoms with Gasteiger partial charge in [0.1, 0.15) is 12.9 Å². The van der Waals surface area contributed by atoms with Gasteiger partial charge in [-0.1, -0.05) is 11.6 Å². The summed E-state index contributed by atoms with van der Waals surface area (Å²) in [5.41, 5.74) is 0.624. The molecule has 106 valence electrons. The molecule has 8 heteroatoms. The normalized spacial score (nSPS) is 10.6. The van der Waals surface area contributed by atoms with Crippen LogP contribution >= 0.6 is 23.4 Å². The van der Waals surface area contributed by atoms with E-state index in [1.54, 1.807) is 23.0 Å². The highest BCUT2D eigenvalue weighted by Gasteiger charge is 2.09. The van der Waals surface area contributed by atoms with E-state index in [-0.39, 0.29) is 12.5 Å². The summed E-state index contributed by atoms with van der Waals surface area (Å²) >= 11 is 7.60. The number of hydrogen-bond donors (Lipinski definition) is 1. The Morgan fingerprint density at radius 1 is 1.55 bits per heavy atom. The lowest BCUT2D eigenvalue weighted by atomic mass is 10.3. The zero-order valence-corrected chi connectivity index (χ0v) is 12.5. The predicted molar refractivity (Wildman–Crippen MR) is 77.1 cm³/mol. The molecule has 0 saturated heterocycles. The van der Waals surface area contributed by atoms with Crippen LogP contribution in [0.1, 0.15) is 0 Å². The number of carbonyl (C=O) groups excluding carboxylic acids is 1. The zero-order chi connectivity index (χ0) is 14.5. The second-order valence-corrected chi connectivity index (χ2v) is 5.37. The molecule has 1 N–H and O–H groups in total. The highest BCUT2D eigenvalue weighted by atomic mass is 35.5. The summed E-state index contributed by atoms with van der Waals surface area (Å²) in [4.78, 5) is 12.2. The summed E-state index contributed by atoms with van der Waals surface area (Å²) in [7, 11) is 3.32. The summed E-state index contributed by atoms with van der Waals surface area (Å²) in [5.74, 6) is -0.225. The van der Waals surface area contributed by atoms with Crippen LogP contribution in [-0.2, 0) is 16.6 Å². The van der Waals surface area contributed by atoms with Gasteiger partial charge in [0, 0.05) is 24.7 Å². The van der Waals surface area contributed by atoms with Gasteiger partial charge in [0.05, 0.1) is 5.02 Å². The van der Waals surface area contributed by atoms with E-state index in [1.165, 1.54) is 18.9 Å². The van der Waals surface area contributed by atoms with Crippen molar-refractivity contribution < 1.29 is 9.53 Å². The minimum Gasteiger partial charge on any atom is -0.375 e. The lowest BCUT2D eigenvalue weighted by Gasteiger charge is -2.08. The molecule has 1 amide bonds. The Morgan fingerprint density at radius 2 is 2.35 bits per heavy atom. The van der Waals surface area contributed by atoms with Crippen molar-refractivity contribution in [3.63, 3.8) is 0 Å². The molecule has 0 radical (unpaired) electrons. The lowest BCUT2D eigenvalue weighted by molar-refractivity contribution is -0.119. The van der Waals surface area contributed by atoms with Crippen molar-refractivity contribution in [2.75, 3.05) is 19.0 Å². The average molecular weight is 313 g/mol. The topological polar surface area (TPSA) is 69.0 Å². The Bertz CT molecular complexity index is 617. The number of amides is 1. The number of ether oxygens (including phenoxy) is 1. The van der Waals surface area contributed by atoms with E-state index in [2.05, 4.69) is 15.5 Å². The molecule has 0 bridgehead atoms. The third-order valence-corrected chi connectivity index (χ3v) is 3.92. The van der Waals surface area contributed by atoms with Gasteiger partial charge in [-0.25, -0.2) is 0 Å². The summed E-state index contributed by atoms with van der Waals surface area (Å²) in [6.07, 6.45) is 1.62. The second kappa shape index (κ2) is 6.74. The quantitative estimate of drug-likeness (QED) is 0.916. The maximum Gasteiger partial charge on any atom is 0.250 e. The molecule has 2 aromatic rings. The zero-order valence-electron chi connectivity index (χ0n) is 11.0. The Balaban J connectivity index is 2.10. The lowest BCUT2D eigenvalue weighted by Crippen LogP contribution is -2.16. The number of nitrogens with zero attached hydrogens (tertiary/aromatic N) is 3. The molecule has 0 unspecified atom stereocenters. The number of aromatic nitrogens is 3. The first-order chi connectivity index (χ1) is 9.60. The smallest absolute Gasteiger partial charge is 0.250 e. The molecule has 20 heavy (non-hydrogen) atoms. The van der Waals surface area contributed by atoms with Crippen molar-refractivity contribution in [1.82, 2.24) is 14.8 Å². The van der Waals surface area contributed by atoms with Crippen molar-refractivity contribution in [3.05, 3.63) is 29.5 Å². The average Bonchev–Trinajstić information content (AvgIpc) is 2.79. The Morgan fingerprint density at radius 3 is 2.95 bits per heavy atom. The monoisotopic (exact) mass is 312 g/mol. The fourth-order valence-corrected chi connectivity index (χ4v) is 2.52.